The first kappa shape index (κ1) is 11.2. The Balaban J connectivity index is 2.05. The average Bonchev–Trinajstić information content (AvgIpc) is 2.66. The van der Waals surface area contributed by atoms with Crippen LogP contribution in [0.1, 0.15) is 11.4 Å². The van der Waals surface area contributed by atoms with E-state index >= 15 is 0 Å². The van der Waals surface area contributed by atoms with Gasteiger partial charge in [0, 0.05) is 23.4 Å². The summed E-state index contributed by atoms with van der Waals surface area (Å²) in [5, 5.41) is 3.30. The normalized spacial score (nSPS) is 10.4. The third-order valence-electron chi connectivity index (χ3n) is 2.52. The van der Waals surface area contributed by atoms with Crippen molar-refractivity contribution >= 4 is 21.7 Å². The van der Waals surface area contributed by atoms with Crippen molar-refractivity contribution in [3.8, 4) is 0 Å². The number of nitrogens with zero attached hydrogens (tertiary/aromatic N) is 2. The van der Waals surface area contributed by atoms with Gasteiger partial charge in [0.15, 0.2) is 0 Å². The molecule has 1 N–H and O–H groups in total. The molecular formula is C12H14BrN3. The van der Waals surface area contributed by atoms with Gasteiger partial charge in [-0.25, -0.2) is 4.98 Å². The molecule has 0 amide bonds. The summed E-state index contributed by atoms with van der Waals surface area (Å²) in [4.78, 5) is 4.43. The van der Waals surface area contributed by atoms with Crippen molar-refractivity contribution < 1.29 is 0 Å². The van der Waals surface area contributed by atoms with Crippen molar-refractivity contribution in [2.75, 3.05) is 5.32 Å². The van der Waals surface area contributed by atoms with Gasteiger partial charge in [0.25, 0.3) is 0 Å². The topological polar surface area (TPSA) is 29.9 Å². The number of aryl methyl sites for hydroxylation is 2. The molecule has 2 rings (SSSR count). The fourth-order valence-corrected chi connectivity index (χ4v) is 1.72. The van der Waals surface area contributed by atoms with Crippen LogP contribution in [0.2, 0.25) is 0 Å². The van der Waals surface area contributed by atoms with E-state index in [1.165, 1.54) is 5.69 Å². The highest BCUT2D eigenvalue weighted by molar-refractivity contribution is 9.10. The third kappa shape index (κ3) is 2.44. The summed E-state index contributed by atoms with van der Waals surface area (Å²) in [6, 6.07) is 8.12. The average molecular weight is 280 g/mol. The lowest BCUT2D eigenvalue weighted by atomic mass is 10.3. The molecule has 0 saturated heterocycles. The molecule has 0 spiro atoms. The van der Waals surface area contributed by atoms with Crippen LogP contribution in [0.5, 0.6) is 0 Å². The molecule has 0 fully saturated rings. The Hall–Kier alpha value is -1.29. The van der Waals surface area contributed by atoms with Crippen LogP contribution in [-0.2, 0) is 13.6 Å². The van der Waals surface area contributed by atoms with Crippen LogP contribution in [-0.4, -0.2) is 9.55 Å². The maximum Gasteiger partial charge on any atom is 0.126 e. The second-order valence-corrected chi connectivity index (χ2v) is 4.58. The second-order valence-electron chi connectivity index (χ2n) is 3.73. The summed E-state index contributed by atoms with van der Waals surface area (Å²) in [5.74, 6) is 0.905. The Kier molecular flexibility index (Phi) is 3.29. The molecule has 0 atom stereocenters. The van der Waals surface area contributed by atoms with Crippen LogP contribution in [0.25, 0.3) is 0 Å². The van der Waals surface area contributed by atoms with Crippen molar-refractivity contribution in [2.45, 2.75) is 13.5 Å². The van der Waals surface area contributed by atoms with Crippen LogP contribution in [0, 0.1) is 6.92 Å². The fraction of sp³-hybridized carbons (Fsp3) is 0.250. The molecule has 0 aliphatic rings. The summed E-state index contributed by atoms with van der Waals surface area (Å²) in [6.07, 6.45) is 2.04. The highest BCUT2D eigenvalue weighted by Gasteiger charge is 2.00. The lowest BCUT2D eigenvalue weighted by Crippen LogP contribution is -2.05. The molecule has 2 heterocycles. The van der Waals surface area contributed by atoms with Gasteiger partial charge in [-0.1, -0.05) is 0 Å². The molecule has 0 aromatic carbocycles. The van der Waals surface area contributed by atoms with Gasteiger partial charge < -0.3 is 9.88 Å². The summed E-state index contributed by atoms with van der Waals surface area (Å²) in [7, 11) is 2.04. The number of hydrogen-bond donors (Lipinski definition) is 1. The summed E-state index contributed by atoms with van der Waals surface area (Å²) in [5.41, 5.74) is 2.24. The first-order valence-electron chi connectivity index (χ1n) is 5.14. The van der Waals surface area contributed by atoms with E-state index in [0.717, 1.165) is 22.5 Å². The SMILES string of the molecule is Cc1nc(NCc2cccn2C)ccc1Br. The zero-order valence-corrected chi connectivity index (χ0v) is 11.0. The lowest BCUT2D eigenvalue weighted by molar-refractivity contribution is 0.840. The first-order valence-corrected chi connectivity index (χ1v) is 5.93. The highest BCUT2D eigenvalue weighted by Crippen LogP contribution is 2.16. The largest absolute Gasteiger partial charge is 0.364 e. The van der Waals surface area contributed by atoms with Crippen molar-refractivity contribution in [1.29, 1.82) is 0 Å². The van der Waals surface area contributed by atoms with Crippen molar-refractivity contribution in [2.24, 2.45) is 7.05 Å². The van der Waals surface area contributed by atoms with E-state index in [1.54, 1.807) is 0 Å². The molecule has 0 unspecified atom stereocenters. The van der Waals surface area contributed by atoms with E-state index < -0.39 is 0 Å². The maximum atomic E-state index is 4.43. The van der Waals surface area contributed by atoms with Crippen molar-refractivity contribution in [1.82, 2.24) is 9.55 Å². The smallest absolute Gasteiger partial charge is 0.126 e. The molecule has 2 aromatic rings. The van der Waals surface area contributed by atoms with E-state index in [-0.39, 0.29) is 0 Å². The Bertz CT molecular complexity index is 491. The molecule has 0 radical (unpaired) electrons. The zero-order valence-electron chi connectivity index (χ0n) is 9.37. The Morgan fingerprint density at radius 1 is 1.38 bits per heavy atom. The van der Waals surface area contributed by atoms with Gasteiger partial charge in [-0.2, -0.15) is 0 Å². The molecule has 0 aliphatic carbocycles. The standard InChI is InChI=1S/C12H14BrN3/c1-9-11(13)5-6-12(15-9)14-8-10-4-3-7-16(10)2/h3-7H,8H2,1-2H3,(H,14,15). The summed E-state index contributed by atoms with van der Waals surface area (Å²) < 4.78 is 3.13. The molecule has 4 heteroatoms. The monoisotopic (exact) mass is 279 g/mol. The first-order chi connectivity index (χ1) is 7.66. The van der Waals surface area contributed by atoms with Crippen LogP contribution >= 0.6 is 15.9 Å². The van der Waals surface area contributed by atoms with E-state index in [9.17, 15) is 0 Å². The summed E-state index contributed by atoms with van der Waals surface area (Å²) >= 11 is 3.44. The number of anilines is 1. The van der Waals surface area contributed by atoms with Crippen LogP contribution in [0.3, 0.4) is 0 Å². The lowest BCUT2D eigenvalue weighted by Gasteiger charge is -2.08. The number of pyridine rings is 1. The van der Waals surface area contributed by atoms with E-state index in [4.69, 9.17) is 0 Å². The predicted octanol–water partition coefficient (Wildman–Crippen LogP) is 3.10. The fourth-order valence-electron chi connectivity index (χ4n) is 1.50. The number of hydrogen-bond acceptors (Lipinski definition) is 2. The number of halogens is 1. The quantitative estimate of drug-likeness (QED) is 0.936. The van der Waals surface area contributed by atoms with Crippen molar-refractivity contribution in [3.63, 3.8) is 0 Å². The van der Waals surface area contributed by atoms with Crippen molar-refractivity contribution in [3.05, 3.63) is 46.3 Å². The number of aromatic nitrogens is 2. The van der Waals surface area contributed by atoms with Crippen LogP contribution < -0.4 is 5.32 Å². The highest BCUT2D eigenvalue weighted by atomic mass is 79.9. The second kappa shape index (κ2) is 4.70. The van der Waals surface area contributed by atoms with Gasteiger partial charge in [0.2, 0.25) is 0 Å². The van der Waals surface area contributed by atoms with Crippen LogP contribution in [0.15, 0.2) is 34.9 Å². The molecule has 3 nitrogen and oxygen atoms in total. The number of nitrogens with one attached hydrogen (secondary N) is 1. The molecule has 0 saturated carbocycles. The molecule has 0 aliphatic heterocycles. The van der Waals surface area contributed by atoms with E-state index in [0.29, 0.717) is 0 Å². The van der Waals surface area contributed by atoms with E-state index in [1.807, 2.05) is 38.4 Å². The minimum atomic E-state index is 0.789. The molecule has 16 heavy (non-hydrogen) atoms. The minimum Gasteiger partial charge on any atom is -0.364 e. The van der Waals surface area contributed by atoms with Gasteiger partial charge in [-0.15, -0.1) is 0 Å². The third-order valence-corrected chi connectivity index (χ3v) is 3.36. The Morgan fingerprint density at radius 2 is 2.19 bits per heavy atom. The minimum absolute atomic E-state index is 0.789. The van der Waals surface area contributed by atoms with E-state index in [2.05, 4.69) is 36.9 Å². The molecule has 2 aromatic heterocycles. The maximum absolute atomic E-state index is 4.43. The number of rotatable bonds is 3. The summed E-state index contributed by atoms with van der Waals surface area (Å²) in [6.45, 7) is 2.77. The van der Waals surface area contributed by atoms with Crippen LogP contribution in [0.4, 0.5) is 5.82 Å². The zero-order chi connectivity index (χ0) is 11.5. The molecule has 84 valence electrons. The van der Waals surface area contributed by atoms with Gasteiger partial charge in [-0.05, 0) is 47.1 Å². The van der Waals surface area contributed by atoms with Gasteiger partial charge in [-0.3, -0.25) is 0 Å². The predicted molar refractivity (Wildman–Crippen MR) is 69.4 cm³/mol. The molecule has 0 bridgehead atoms. The Labute approximate surface area is 104 Å². The van der Waals surface area contributed by atoms with Gasteiger partial charge in [0.05, 0.1) is 12.2 Å². The Morgan fingerprint density at radius 3 is 2.81 bits per heavy atom. The van der Waals surface area contributed by atoms with Gasteiger partial charge >= 0.3 is 0 Å². The molecular weight excluding hydrogens is 266 g/mol. The van der Waals surface area contributed by atoms with Gasteiger partial charge in [0.1, 0.15) is 5.82 Å².